The Morgan fingerprint density at radius 2 is 1.68 bits per heavy atom. The van der Waals surface area contributed by atoms with Crippen molar-refractivity contribution in [2.45, 2.75) is 116 Å². The van der Waals surface area contributed by atoms with E-state index in [0.717, 1.165) is 44.1 Å². The predicted octanol–water partition coefficient (Wildman–Crippen LogP) is 3.19. The van der Waals surface area contributed by atoms with Crippen molar-refractivity contribution in [3.63, 3.8) is 0 Å². The Morgan fingerprint density at radius 3 is 2.28 bits per heavy atom. The smallest absolute Gasteiger partial charge is 0.289 e. The third-order valence-corrected chi connectivity index (χ3v) is 10.6. The largest absolute Gasteiger partial charge is 0.496 e. The molecule has 274 valence electrons. The Balaban J connectivity index is 1.43. The minimum Gasteiger partial charge on any atom is -0.496 e. The minimum atomic E-state index is -1.06. The molecule has 13 heteroatoms. The standard InChI is InChI=1S/C37H53N5O8/c1-21-14-24(29(49-7)17-28(21)48-6)26-18-37(50-41-26)19-27(33(45)39-25(15-23-12-13-23)31(44)34(46)38-5)42(20-37)35(47)32(36(2,3)4)40-30(43)16-22-10-8-9-11-22/h14,17,22-23,25,27,32H,8-13,15-16,18-20H2,1-7H3,(H,38,46)(H,39,45)(H,40,43)/t25-,27-,32+,37+/m0/s1. The quantitative estimate of drug-likeness (QED) is 0.265. The zero-order chi connectivity index (χ0) is 36.4. The molecule has 1 aromatic rings. The highest BCUT2D eigenvalue weighted by atomic mass is 16.7. The van der Waals surface area contributed by atoms with E-state index >= 15 is 0 Å². The predicted molar refractivity (Wildman–Crippen MR) is 186 cm³/mol. The van der Waals surface area contributed by atoms with Gasteiger partial charge in [0.15, 0.2) is 5.60 Å². The van der Waals surface area contributed by atoms with Crippen molar-refractivity contribution in [2.24, 2.45) is 22.4 Å². The first kappa shape index (κ1) is 37.1. The summed E-state index contributed by atoms with van der Waals surface area (Å²) in [6, 6.07) is 0.680. The number of ketones is 1. The number of likely N-dealkylation sites (N-methyl/N-ethyl adjacent to an activating group) is 1. The summed E-state index contributed by atoms with van der Waals surface area (Å²) in [5, 5.41) is 12.7. The lowest BCUT2D eigenvalue weighted by atomic mass is 9.85. The van der Waals surface area contributed by atoms with Crippen molar-refractivity contribution < 1.29 is 38.3 Å². The molecule has 4 amide bonds. The van der Waals surface area contributed by atoms with E-state index in [0.29, 0.717) is 41.5 Å². The van der Waals surface area contributed by atoms with Crippen LogP contribution < -0.4 is 25.4 Å². The first-order valence-electron chi connectivity index (χ1n) is 17.8. The van der Waals surface area contributed by atoms with Crippen molar-refractivity contribution in [2.75, 3.05) is 27.8 Å². The Hall–Kier alpha value is -4.16. The fourth-order valence-electron chi connectivity index (χ4n) is 7.54. The van der Waals surface area contributed by atoms with E-state index in [4.69, 9.17) is 14.3 Å². The summed E-state index contributed by atoms with van der Waals surface area (Å²) in [6.45, 7) is 7.58. The van der Waals surface area contributed by atoms with Crippen LogP contribution in [0.5, 0.6) is 11.5 Å². The van der Waals surface area contributed by atoms with Gasteiger partial charge in [-0.3, -0.25) is 24.0 Å². The summed E-state index contributed by atoms with van der Waals surface area (Å²) in [7, 11) is 4.52. The monoisotopic (exact) mass is 695 g/mol. The maximum absolute atomic E-state index is 14.6. The first-order chi connectivity index (χ1) is 23.7. The Morgan fingerprint density at radius 1 is 1.00 bits per heavy atom. The zero-order valence-electron chi connectivity index (χ0n) is 30.5. The number of benzene rings is 1. The lowest BCUT2D eigenvalue weighted by molar-refractivity contribution is -0.145. The van der Waals surface area contributed by atoms with Crippen molar-refractivity contribution >= 4 is 35.1 Å². The summed E-state index contributed by atoms with van der Waals surface area (Å²) in [5.41, 5.74) is 0.436. The third kappa shape index (κ3) is 8.24. The molecule has 4 aliphatic rings. The molecule has 1 aromatic carbocycles. The number of oxime groups is 1. The normalized spacial score (nSPS) is 23.1. The molecule has 4 atom stereocenters. The topological polar surface area (TPSA) is 165 Å². The molecule has 1 saturated heterocycles. The van der Waals surface area contributed by atoms with Gasteiger partial charge in [0, 0.05) is 37.9 Å². The number of nitrogens with one attached hydrogen (secondary N) is 3. The molecular formula is C37H53N5O8. The van der Waals surface area contributed by atoms with Gasteiger partial charge in [0.2, 0.25) is 23.5 Å². The molecule has 1 spiro atoms. The number of nitrogens with zero attached hydrogens (tertiary/aromatic N) is 2. The summed E-state index contributed by atoms with van der Waals surface area (Å²) in [6.07, 6.45) is 7.08. The van der Waals surface area contributed by atoms with Gasteiger partial charge in [-0.2, -0.15) is 0 Å². The molecule has 2 heterocycles. The van der Waals surface area contributed by atoms with Crippen LogP contribution >= 0.6 is 0 Å². The van der Waals surface area contributed by atoms with E-state index in [2.05, 4.69) is 21.1 Å². The molecule has 2 aliphatic carbocycles. The van der Waals surface area contributed by atoms with Crippen LogP contribution in [0.3, 0.4) is 0 Å². The van der Waals surface area contributed by atoms with Crippen LogP contribution in [0.25, 0.3) is 0 Å². The minimum absolute atomic E-state index is 0.0239. The number of carbonyl (C=O) groups is 5. The van der Waals surface area contributed by atoms with Crippen molar-refractivity contribution in [3.8, 4) is 11.5 Å². The maximum atomic E-state index is 14.6. The van der Waals surface area contributed by atoms with Gasteiger partial charge >= 0.3 is 0 Å². The molecule has 2 saturated carbocycles. The van der Waals surface area contributed by atoms with Gasteiger partial charge in [0.05, 0.1) is 32.5 Å². The molecular weight excluding hydrogens is 642 g/mol. The fraction of sp³-hybridized carbons (Fsp3) is 0.676. The molecule has 0 unspecified atom stereocenters. The van der Waals surface area contributed by atoms with E-state index < -0.39 is 52.6 Å². The highest BCUT2D eigenvalue weighted by molar-refractivity contribution is 6.38. The van der Waals surface area contributed by atoms with Crippen LogP contribution in [0.4, 0.5) is 0 Å². The molecule has 5 rings (SSSR count). The van der Waals surface area contributed by atoms with Crippen molar-refractivity contribution in [1.29, 1.82) is 0 Å². The lowest BCUT2D eigenvalue weighted by Gasteiger charge is -2.36. The second kappa shape index (κ2) is 15.0. The molecule has 0 aromatic heterocycles. The fourth-order valence-corrected chi connectivity index (χ4v) is 7.54. The Kier molecular flexibility index (Phi) is 11.1. The van der Waals surface area contributed by atoms with Gasteiger partial charge in [-0.05, 0) is 55.1 Å². The highest BCUT2D eigenvalue weighted by Crippen LogP contribution is 2.42. The van der Waals surface area contributed by atoms with Gasteiger partial charge < -0.3 is 35.2 Å². The molecule has 0 bridgehead atoms. The van der Waals surface area contributed by atoms with Gasteiger partial charge in [-0.25, -0.2) is 0 Å². The molecule has 3 fully saturated rings. The number of hydrogen-bond acceptors (Lipinski definition) is 9. The van der Waals surface area contributed by atoms with E-state index in [1.165, 1.54) is 11.9 Å². The van der Waals surface area contributed by atoms with Gasteiger partial charge in [0.25, 0.3) is 5.91 Å². The number of aryl methyl sites for hydroxylation is 1. The first-order valence-corrected chi connectivity index (χ1v) is 17.8. The van der Waals surface area contributed by atoms with E-state index in [-0.39, 0.29) is 31.2 Å². The van der Waals surface area contributed by atoms with E-state index in [9.17, 15) is 24.0 Å². The highest BCUT2D eigenvalue weighted by Gasteiger charge is 2.56. The van der Waals surface area contributed by atoms with Crippen LogP contribution in [0, 0.1) is 24.2 Å². The number of methoxy groups -OCH3 is 2. The van der Waals surface area contributed by atoms with Crippen LogP contribution in [0.2, 0.25) is 0 Å². The number of rotatable bonds is 13. The SMILES string of the molecule is CNC(=O)C(=O)[C@H](CC1CC1)NC(=O)[C@@H]1C[C@]2(CC(c3cc(C)c(OC)cc3OC)=NO2)CN1C(=O)[C@@H](NC(=O)CC1CCCC1)C(C)(C)C. The summed E-state index contributed by atoms with van der Waals surface area (Å²) in [4.78, 5) is 75.2. The molecule has 50 heavy (non-hydrogen) atoms. The Labute approximate surface area is 294 Å². The maximum Gasteiger partial charge on any atom is 0.289 e. The number of carbonyl (C=O) groups excluding carboxylic acids is 5. The number of likely N-dealkylation sites (tertiary alicyclic amines) is 1. The summed E-state index contributed by atoms with van der Waals surface area (Å²) >= 11 is 0. The van der Waals surface area contributed by atoms with Gasteiger partial charge in [-0.1, -0.05) is 51.6 Å². The van der Waals surface area contributed by atoms with Crippen LogP contribution in [0.1, 0.15) is 96.1 Å². The van der Waals surface area contributed by atoms with Crippen LogP contribution in [-0.4, -0.2) is 91.6 Å². The number of hydrogen-bond donors (Lipinski definition) is 3. The molecule has 3 N–H and O–H groups in total. The second-order valence-corrected chi connectivity index (χ2v) is 15.6. The number of ether oxygens (including phenoxy) is 2. The second-order valence-electron chi connectivity index (χ2n) is 15.6. The van der Waals surface area contributed by atoms with Gasteiger partial charge in [-0.15, -0.1) is 0 Å². The third-order valence-electron chi connectivity index (χ3n) is 10.6. The molecule has 0 radical (unpaired) electrons. The van der Waals surface area contributed by atoms with Gasteiger partial charge in [0.1, 0.15) is 23.6 Å². The summed E-state index contributed by atoms with van der Waals surface area (Å²) in [5.74, 6) is -0.949. The molecule has 2 aliphatic heterocycles. The number of Topliss-reactive ketones (excluding diaryl/α,β-unsaturated/α-hetero) is 1. The van der Waals surface area contributed by atoms with Crippen LogP contribution in [-0.2, 0) is 28.8 Å². The van der Waals surface area contributed by atoms with Crippen molar-refractivity contribution in [1.82, 2.24) is 20.9 Å². The van der Waals surface area contributed by atoms with Crippen molar-refractivity contribution in [3.05, 3.63) is 23.3 Å². The zero-order valence-corrected chi connectivity index (χ0v) is 30.5. The van der Waals surface area contributed by atoms with E-state index in [1.54, 1.807) is 20.3 Å². The molecule has 13 nitrogen and oxygen atoms in total. The Bertz CT molecular complexity index is 1530. The lowest BCUT2D eigenvalue weighted by Crippen LogP contribution is -2.59. The van der Waals surface area contributed by atoms with E-state index in [1.807, 2.05) is 33.8 Å². The average molecular weight is 696 g/mol. The average Bonchev–Trinajstić information content (AvgIpc) is 3.42. The number of amides is 4. The summed E-state index contributed by atoms with van der Waals surface area (Å²) < 4.78 is 11.1. The van der Waals surface area contributed by atoms with Crippen LogP contribution in [0.15, 0.2) is 17.3 Å².